The van der Waals surface area contributed by atoms with Gasteiger partial charge in [0.1, 0.15) is 0 Å². The number of carbonyl (C=O) groups excluding carboxylic acids is 2. The van der Waals surface area contributed by atoms with Gasteiger partial charge in [0, 0.05) is 18.8 Å². The van der Waals surface area contributed by atoms with E-state index < -0.39 is 28.5 Å². The number of sulfonamides is 1. The molecular formula is C21H24N2O5S. The van der Waals surface area contributed by atoms with Gasteiger partial charge >= 0.3 is 5.97 Å². The van der Waals surface area contributed by atoms with Gasteiger partial charge in [-0.05, 0) is 62.1 Å². The molecule has 2 aromatic carbocycles. The number of ether oxygens (including phenoxy) is 1. The van der Waals surface area contributed by atoms with Gasteiger partial charge < -0.3 is 10.1 Å². The van der Waals surface area contributed by atoms with Gasteiger partial charge in [0.25, 0.3) is 5.91 Å². The topological polar surface area (TPSA) is 92.8 Å². The predicted octanol–water partition coefficient (Wildman–Crippen LogP) is 2.88. The highest BCUT2D eigenvalue weighted by atomic mass is 32.2. The van der Waals surface area contributed by atoms with Crippen LogP contribution in [-0.4, -0.2) is 44.3 Å². The van der Waals surface area contributed by atoms with Crippen molar-refractivity contribution in [1.29, 1.82) is 0 Å². The van der Waals surface area contributed by atoms with Crippen molar-refractivity contribution >= 4 is 27.6 Å². The number of hydrogen-bond acceptors (Lipinski definition) is 5. The third-order valence-electron chi connectivity index (χ3n) is 4.87. The van der Waals surface area contributed by atoms with Gasteiger partial charge in [0.05, 0.1) is 10.5 Å². The Morgan fingerprint density at radius 2 is 1.59 bits per heavy atom. The van der Waals surface area contributed by atoms with E-state index in [1.807, 2.05) is 32.0 Å². The van der Waals surface area contributed by atoms with Crippen molar-refractivity contribution in [2.75, 3.05) is 25.0 Å². The Balaban J connectivity index is 1.59. The molecule has 1 heterocycles. The zero-order chi connectivity index (χ0) is 21.0. The summed E-state index contributed by atoms with van der Waals surface area (Å²) in [5, 5.41) is 2.74. The molecule has 0 atom stereocenters. The maximum atomic E-state index is 12.5. The number of amides is 1. The third-order valence-corrected chi connectivity index (χ3v) is 6.79. The highest BCUT2D eigenvalue weighted by molar-refractivity contribution is 7.89. The molecule has 0 unspecified atom stereocenters. The van der Waals surface area contributed by atoms with E-state index in [-0.39, 0.29) is 10.5 Å². The average Bonchev–Trinajstić information content (AvgIpc) is 3.25. The summed E-state index contributed by atoms with van der Waals surface area (Å²) in [6.45, 7) is 4.36. The Kier molecular flexibility index (Phi) is 6.34. The molecule has 0 spiro atoms. The Morgan fingerprint density at radius 3 is 2.17 bits per heavy atom. The number of anilines is 1. The summed E-state index contributed by atoms with van der Waals surface area (Å²) >= 11 is 0. The van der Waals surface area contributed by atoms with Crippen LogP contribution in [0, 0.1) is 13.8 Å². The number of para-hydroxylation sites is 1. The van der Waals surface area contributed by atoms with Crippen LogP contribution in [0.25, 0.3) is 0 Å². The second kappa shape index (κ2) is 8.75. The minimum absolute atomic E-state index is 0.142. The van der Waals surface area contributed by atoms with Crippen molar-refractivity contribution < 1.29 is 22.7 Å². The van der Waals surface area contributed by atoms with Gasteiger partial charge in [-0.1, -0.05) is 18.2 Å². The number of hydrogen-bond donors (Lipinski definition) is 1. The number of nitrogens with zero attached hydrogens (tertiary/aromatic N) is 1. The largest absolute Gasteiger partial charge is 0.452 e. The molecule has 1 amide bonds. The van der Waals surface area contributed by atoms with E-state index in [1.165, 1.54) is 28.6 Å². The van der Waals surface area contributed by atoms with Crippen LogP contribution in [0.4, 0.5) is 5.69 Å². The molecule has 2 aromatic rings. The summed E-state index contributed by atoms with van der Waals surface area (Å²) in [5.74, 6) is -1.13. The second-order valence-electron chi connectivity index (χ2n) is 7.03. The number of esters is 1. The number of benzene rings is 2. The van der Waals surface area contributed by atoms with Crippen LogP contribution >= 0.6 is 0 Å². The van der Waals surface area contributed by atoms with Crippen molar-refractivity contribution in [2.24, 2.45) is 0 Å². The van der Waals surface area contributed by atoms with Crippen molar-refractivity contribution in [3.05, 3.63) is 59.2 Å². The van der Waals surface area contributed by atoms with Gasteiger partial charge in [0.2, 0.25) is 10.0 Å². The lowest BCUT2D eigenvalue weighted by atomic mass is 10.1. The first-order chi connectivity index (χ1) is 13.8. The molecule has 3 rings (SSSR count). The fourth-order valence-corrected chi connectivity index (χ4v) is 4.76. The molecule has 0 aliphatic carbocycles. The average molecular weight is 416 g/mol. The van der Waals surface area contributed by atoms with Crippen LogP contribution in [0.15, 0.2) is 47.4 Å². The quantitative estimate of drug-likeness (QED) is 0.731. The van der Waals surface area contributed by atoms with Crippen LogP contribution in [0.1, 0.15) is 34.3 Å². The van der Waals surface area contributed by atoms with Crippen LogP contribution in [-0.2, 0) is 19.6 Å². The van der Waals surface area contributed by atoms with Crippen molar-refractivity contribution in [1.82, 2.24) is 4.31 Å². The van der Waals surface area contributed by atoms with Gasteiger partial charge in [0.15, 0.2) is 6.61 Å². The second-order valence-corrected chi connectivity index (χ2v) is 8.96. The lowest BCUT2D eigenvalue weighted by Gasteiger charge is -2.15. The van der Waals surface area contributed by atoms with Gasteiger partial charge in [-0.15, -0.1) is 0 Å². The number of rotatable bonds is 6. The summed E-state index contributed by atoms with van der Waals surface area (Å²) in [5.41, 5.74) is 2.72. The van der Waals surface area contributed by atoms with E-state index in [0.29, 0.717) is 18.8 Å². The van der Waals surface area contributed by atoms with Crippen molar-refractivity contribution in [3.63, 3.8) is 0 Å². The molecule has 29 heavy (non-hydrogen) atoms. The molecule has 1 aliphatic heterocycles. The summed E-state index contributed by atoms with van der Waals surface area (Å²) in [7, 11) is -3.53. The highest BCUT2D eigenvalue weighted by Gasteiger charge is 2.27. The fraction of sp³-hybridized carbons (Fsp3) is 0.333. The summed E-state index contributed by atoms with van der Waals surface area (Å²) in [6, 6.07) is 11.2. The Hall–Kier alpha value is -2.71. The Bertz CT molecular complexity index is 990. The van der Waals surface area contributed by atoms with E-state index in [1.54, 1.807) is 0 Å². The summed E-state index contributed by atoms with van der Waals surface area (Å²) < 4.78 is 31.5. The smallest absolute Gasteiger partial charge is 0.338 e. The maximum absolute atomic E-state index is 12.5. The molecule has 7 nitrogen and oxygen atoms in total. The molecule has 8 heteroatoms. The van der Waals surface area contributed by atoms with E-state index in [0.717, 1.165) is 24.0 Å². The van der Waals surface area contributed by atoms with Crippen LogP contribution in [0.2, 0.25) is 0 Å². The molecule has 0 bridgehead atoms. The summed E-state index contributed by atoms with van der Waals surface area (Å²) in [6.07, 6.45) is 1.71. The molecular weight excluding hydrogens is 392 g/mol. The van der Waals surface area contributed by atoms with E-state index in [4.69, 9.17) is 4.74 Å². The molecule has 1 aliphatic rings. The first-order valence-corrected chi connectivity index (χ1v) is 10.9. The minimum Gasteiger partial charge on any atom is -0.452 e. The van der Waals surface area contributed by atoms with Crippen LogP contribution < -0.4 is 5.32 Å². The Morgan fingerprint density at radius 1 is 1.00 bits per heavy atom. The maximum Gasteiger partial charge on any atom is 0.338 e. The van der Waals surface area contributed by atoms with Crippen molar-refractivity contribution in [2.45, 2.75) is 31.6 Å². The lowest BCUT2D eigenvalue weighted by Crippen LogP contribution is -2.27. The van der Waals surface area contributed by atoms with Crippen LogP contribution in [0.3, 0.4) is 0 Å². The first kappa shape index (κ1) is 21.0. The monoisotopic (exact) mass is 416 g/mol. The molecule has 1 fully saturated rings. The number of nitrogens with one attached hydrogen (secondary N) is 1. The predicted molar refractivity (Wildman–Crippen MR) is 109 cm³/mol. The van der Waals surface area contributed by atoms with Gasteiger partial charge in [-0.2, -0.15) is 4.31 Å². The van der Waals surface area contributed by atoms with E-state index >= 15 is 0 Å². The minimum atomic E-state index is -3.53. The zero-order valence-electron chi connectivity index (χ0n) is 16.5. The van der Waals surface area contributed by atoms with Gasteiger partial charge in [-0.25, -0.2) is 13.2 Å². The van der Waals surface area contributed by atoms with Gasteiger partial charge in [-0.3, -0.25) is 4.79 Å². The zero-order valence-corrected chi connectivity index (χ0v) is 17.3. The fourth-order valence-electron chi connectivity index (χ4n) is 3.24. The molecule has 0 radical (unpaired) electrons. The lowest BCUT2D eigenvalue weighted by molar-refractivity contribution is -0.119. The molecule has 0 aromatic heterocycles. The van der Waals surface area contributed by atoms with Crippen LogP contribution in [0.5, 0.6) is 0 Å². The normalized spacial score (nSPS) is 14.6. The molecule has 1 saturated heterocycles. The third kappa shape index (κ3) is 4.83. The van der Waals surface area contributed by atoms with Crippen molar-refractivity contribution in [3.8, 4) is 0 Å². The molecule has 0 saturated carbocycles. The molecule has 154 valence electrons. The first-order valence-electron chi connectivity index (χ1n) is 9.42. The molecule has 1 N–H and O–H groups in total. The number of aryl methyl sites for hydroxylation is 2. The van der Waals surface area contributed by atoms with E-state index in [9.17, 15) is 18.0 Å². The standard InChI is InChI=1S/C21H24N2O5S/c1-15-6-5-7-16(2)20(15)22-19(24)14-28-21(25)17-8-10-18(11-9-17)29(26,27)23-12-3-4-13-23/h5-11H,3-4,12-14H2,1-2H3,(H,22,24). The number of carbonyl (C=O) groups is 2. The summed E-state index contributed by atoms with van der Waals surface area (Å²) in [4.78, 5) is 24.4. The Labute approximate surface area is 170 Å². The van der Waals surface area contributed by atoms with E-state index in [2.05, 4.69) is 5.32 Å². The highest BCUT2D eigenvalue weighted by Crippen LogP contribution is 2.21. The SMILES string of the molecule is Cc1cccc(C)c1NC(=O)COC(=O)c1ccc(S(=O)(=O)N2CCCC2)cc1.